The molecule has 2 amide bonds. The second-order valence-corrected chi connectivity index (χ2v) is 3.12. The van der Waals surface area contributed by atoms with Crippen LogP contribution in [0.25, 0.3) is 0 Å². The molecule has 0 saturated carbocycles. The number of nitrogens with one attached hydrogen (secondary N) is 1. The molecule has 1 rings (SSSR count). The van der Waals surface area contributed by atoms with Crippen LogP contribution < -0.4 is 11.2 Å². The summed E-state index contributed by atoms with van der Waals surface area (Å²) in [6, 6.07) is 0. The van der Waals surface area contributed by atoms with Crippen molar-refractivity contribution in [1.82, 2.24) is 5.48 Å². The van der Waals surface area contributed by atoms with Crippen LogP contribution in [0.15, 0.2) is 0 Å². The van der Waals surface area contributed by atoms with Crippen LogP contribution in [0.3, 0.4) is 0 Å². The summed E-state index contributed by atoms with van der Waals surface area (Å²) in [4.78, 5) is 25.9. The molecule has 1 atom stereocenters. The van der Waals surface area contributed by atoms with Crippen molar-refractivity contribution in [3.63, 3.8) is 0 Å². The van der Waals surface area contributed by atoms with Gasteiger partial charge in [0.1, 0.15) is 0 Å². The maximum atomic E-state index is 11.1. The number of hydroxylamine groups is 1. The molecule has 6 heteroatoms. The minimum Gasteiger partial charge on any atom is -0.378 e. The first-order valence-electron chi connectivity index (χ1n) is 4.49. The predicted octanol–water partition coefficient (Wildman–Crippen LogP) is -0.911. The quantitative estimate of drug-likeness (QED) is 0.564. The van der Waals surface area contributed by atoms with Gasteiger partial charge >= 0.3 is 0 Å². The van der Waals surface area contributed by atoms with Gasteiger partial charge in [-0.15, -0.1) is 0 Å². The molecular formula is C8H14N2O4. The van der Waals surface area contributed by atoms with E-state index in [1.165, 1.54) is 0 Å². The zero-order valence-electron chi connectivity index (χ0n) is 7.82. The number of ether oxygens (including phenoxy) is 1. The van der Waals surface area contributed by atoms with E-state index in [4.69, 9.17) is 10.5 Å². The van der Waals surface area contributed by atoms with Gasteiger partial charge in [-0.3, -0.25) is 14.4 Å². The third-order valence-corrected chi connectivity index (χ3v) is 1.84. The first kappa shape index (κ1) is 10.9. The van der Waals surface area contributed by atoms with E-state index in [0.717, 1.165) is 12.8 Å². The molecule has 6 nitrogen and oxygen atoms in total. The Morgan fingerprint density at radius 2 is 2.36 bits per heavy atom. The highest BCUT2D eigenvalue weighted by atomic mass is 16.7. The van der Waals surface area contributed by atoms with E-state index in [2.05, 4.69) is 10.3 Å². The second kappa shape index (κ2) is 5.56. The highest BCUT2D eigenvalue weighted by Gasteiger charge is 2.18. The molecule has 1 heterocycles. The van der Waals surface area contributed by atoms with Crippen molar-refractivity contribution in [2.75, 3.05) is 13.2 Å². The number of rotatable bonds is 5. The van der Waals surface area contributed by atoms with Gasteiger partial charge < -0.3 is 10.5 Å². The summed E-state index contributed by atoms with van der Waals surface area (Å²) in [5.41, 5.74) is 6.92. The van der Waals surface area contributed by atoms with Crippen molar-refractivity contribution in [3.8, 4) is 0 Å². The first-order chi connectivity index (χ1) is 6.68. The van der Waals surface area contributed by atoms with Gasteiger partial charge in [-0.2, -0.15) is 0 Å². The smallest absolute Gasteiger partial charge is 0.246 e. The Balaban J connectivity index is 2.06. The maximum absolute atomic E-state index is 11.1. The standard InChI is InChI=1S/C8H14N2O4/c9-7(11)5-14-10-8(12)4-6-2-1-3-13-6/h6H,1-5H2,(H2,9,11)(H,10,12). The van der Waals surface area contributed by atoms with E-state index in [9.17, 15) is 9.59 Å². The van der Waals surface area contributed by atoms with Gasteiger partial charge in [-0.1, -0.05) is 0 Å². The fourth-order valence-electron chi connectivity index (χ4n) is 1.24. The van der Waals surface area contributed by atoms with Gasteiger partial charge in [-0.05, 0) is 12.8 Å². The van der Waals surface area contributed by atoms with E-state index in [0.29, 0.717) is 6.61 Å². The molecule has 0 bridgehead atoms. The Kier molecular flexibility index (Phi) is 4.34. The molecule has 0 aliphatic carbocycles. The second-order valence-electron chi connectivity index (χ2n) is 3.12. The summed E-state index contributed by atoms with van der Waals surface area (Å²) in [5.74, 6) is -0.916. The third-order valence-electron chi connectivity index (χ3n) is 1.84. The summed E-state index contributed by atoms with van der Waals surface area (Å²) in [7, 11) is 0. The van der Waals surface area contributed by atoms with Crippen LogP contribution >= 0.6 is 0 Å². The van der Waals surface area contributed by atoms with Crippen LogP contribution in [-0.2, 0) is 19.2 Å². The minimum absolute atomic E-state index is 0.0211. The molecule has 0 aromatic rings. The molecule has 1 unspecified atom stereocenters. The Morgan fingerprint density at radius 3 is 2.93 bits per heavy atom. The molecule has 0 aromatic heterocycles. The van der Waals surface area contributed by atoms with Crippen LogP contribution in [0, 0.1) is 0 Å². The van der Waals surface area contributed by atoms with Crippen molar-refractivity contribution >= 4 is 11.8 Å². The van der Waals surface area contributed by atoms with E-state index in [1.54, 1.807) is 0 Å². The fraction of sp³-hybridized carbons (Fsp3) is 0.750. The molecule has 1 aliphatic heterocycles. The normalized spacial score (nSPS) is 20.7. The van der Waals surface area contributed by atoms with E-state index < -0.39 is 5.91 Å². The van der Waals surface area contributed by atoms with Crippen molar-refractivity contribution in [2.45, 2.75) is 25.4 Å². The lowest BCUT2D eigenvalue weighted by atomic mass is 10.2. The molecule has 3 N–H and O–H groups in total. The molecule has 0 radical (unpaired) electrons. The molecule has 0 spiro atoms. The van der Waals surface area contributed by atoms with Crippen molar-refractivity contribution in [1.29, 1.82) is 0 Å². The lowest BCUT2D eigenvalue weighted by Crippen LogP contribution is -2.31. The van der Waals surface area contributed by atoms with Gasteiger partial charge in [-0.25, -0.2) is 5.48 Å². The van der Waals surface area contributed by atoms with Crippen LogP contribution in [0.2, 0.25) is 0 Å². The highest BCUT2D eigenvalue weighted by molar-refractivity contribution is 5.77. The summed E-state index contributed by atoms with van der Waals surface area (Å²) >= 11 is 0. The lowest BCUT2D eigenvalue weighted by molar-refractivity contribution is -0.139. The number of primary amides is 1. The van der Waals surface area contributed by atoms with E-state index >= 15 is 0 Å². The maximum Gasteiger partial charge on any atom is 0.246 e. The van der Waals surface area contributed by atoms with Gasteiger partial charge in [0, 0.05) is 6.61 Å². The number of hydrogen-bond acceptors (Lipinski definition) is 4. The average Bonchev–Trinajstić information content (AvgIpc) is 2.56. The Morgan fingerprint density at radius 1 is 1.57 bits per heavy atom. The van der Waals surface area contributed by atoms with Crippen molar-refractivity contribution in [2.24, 2.45) is 5.73 Å². The lowest BCUT2D eigenvalue weighted by Gasteiger charge is -2.08. The molecule has 1 saturated heterocycles. The van der Waals surface area contributed by atoms with E-state index in [-0.39, 0.29) is 25.0 Å². The van der Waals surface area contributed by atoms with Crippen molar-refractivity contribution in [3.05, 3.63) is 0 Å². The predicted molar refractivity (Wildman–Crippen MR) is 46.9 cm³/mol. The number of carbonyl (C=O) groups is 2. The summed E-state index contributed by atoms with van der Waals surface area (Å²) in [5, 5.41) is 0. The largest absolute Gasteiger partial charge is 0.378 e. The van der Waals surface area contributed by atoms with Crippen LogP contribution in [-0.4, -0.2) is 31.1 Å². The van der Waals surface area contributed by atoms with Gasteiger partial charge in [0.2, 0.25) is 11.8 Å². The number of amides is 2. The zero-order chi connectivity index (χ0) is 10.4. The SMILES string of the molecule is NC(=O)CONC(=O)CC1CCCO1. The van der Waals surface area contributed by atoms with Crippen LogP contribution in [0.1, 0.15) is 19.3 Å². The molecular weight excluding hydrogens is 188 g/mol. The summed E-state index contributed by atoms with van der Waals surface area (Å²) < 4.78 is 5.24. The monoisotopic (exact) mass is 202 g/mol. The van der Waals surface area contributed by atoms with Gasteiger partial charge in [0.05, 0.1) is 12.5 Å². The van der Waals surface area contributed by atoms with Crippen molar-refractivity contribution < 1.29 is 19.2 Å². The van der Waals surface area contributed by atoms with Gasteiger partial charge in [0.15, 0.2) is 6.61 Å². The van der Waals surface area contributed by atoms with Crippen LogP contribution in [0.4, 0.5) is 0 Å². The minimum atomic E-state index is -0.623. The third kappa shape index (κ3) is 4.20. The van der Waals surface area contributed by atoms with Crippen LogP contribution in [0.5, 0.6) is 0 Å². The topological polar surface area (TPSA) is 90.7 Å². The first-order valence-corrected chi connectivity index (χ1v) is 4.49. The summed E-state index contributed by atoms with van der Waals surface area (Å²) in [6.07, 6.45) is 2.12. The molecule has 1 fully saturated rings. The van der Waals surface area contributed by atoms with E-state index in [1.807, 2.05) is 0 Å². The zero-order valence-corrected chi connectivity index (χ0v) is 7.82. The summed E-state index contributed by atoms with van der Waals surface area (Å²) in [6.45, 7) is 0.400. The molecule has 80 valence electrons. The molecule has 14 heavy (non-hydrogen) atoms. The Hall–Kier alpha value is -1.14. The number of carbonyl (C=O) groups excluding carboxylic acids is 2. The Bertz CT molecular complexity index is 213. The Labute approximate surface area is 81.7 Å². The molecule has 0 aromatic carbocycles. The number of hydrogen-bond donors (Lipinski definition) is 2. The molecule has 1 aliphatic rings. The highest BCUT2D eigenvalue weighted by Crippen LogP contribution is 2.14. The fourth-order valence-corrected chi connectivity index (χ4v) is 1.24. The average molecular weight is 202 g/mol. The number of nitrogens with two attached hydrogens (primary N) is 1. The van der Waals surface area contributed by atoms with Gasteiger partial charge in [0.25, 0.3) is 0 Å².